The van der Waals surface area contributed by atoms with E-state index < -0.39 is 23.8 Å². The van der Waals surface area contributed by atoms with Gasteiger partial charge in [-0.3, -0.25) is 0 Å². The highest BCUT2D eigenvalue weighted by molar-refractivity contribution is 6.04. The molecular formula is C19H17F3N4O2. The van der Waals surface area contributed by atoms with Crippen molar-refractivity contribution in [3.8, 4) is 0 Å². The van der Waals surface area contributed by atoms with Gasteiger partial charge < -0.3 is 9.84 Å². The number of hydrogen-bond acceptors (Lipinski definition) is 5. The van der Waals surface area contributed by atoms with Gasteiger partial charge in [0.05, 0.1) is 42.5 Å². The number of hydrazine groups is 1. The minimum Gasteiger partial charge on any atom is -0.858 e. The summed E-state index contributed by atoms with van der Waals surface area (Å²) in [5.41, 5.74) is 3.59. The predicted octanol–water partition coefficient (Wildman–Crippen LogP) is 1.92. The number of fused-ring (bicyclic) bond motifs is 1. The van der Waals surface area contributed by atoms with Gasteiger partial charge in [0.15, 0.2) is 5.71 Å². The highest BCUT2D eigenvalue weighted by Gasteiger charge is 2.39. The number of halogens is 3. The number of aliphatic imine (C=N–C) groups is 2. The quantitative estimate of drug-likeness (QED) is 0.785. The van der Waals surface area contributed by atoms with Crippen LogP contribution in [0.3, 0.4) is 0 Å². The summed E-state index contributed by atoms with van der Waals surface area (Å²) in [5, 5.41) is 12.4. The van der Waals surface area contributed by atoms with E-state index in [9.17, 15) is 18.3 Å². The maximum atomic E-state index is 13.2. The van der Waals surface area contributed by atoms with Gasteiger partial charge in [-0.25, -0.2) is 4.99 Å². The van der Waals surface area contributed by atoms with Crippen LogP contribution < -0.4 is 10.5 Å². The molecule has 0 bridgehead atoms. The minimum atomic E-state index is -4.49. The second-order valence-corrected chi connectivity index (χ2v) is 6.65. The molecule has 3 aliphatic heterocycles. The molecule has 0 spiro atoms. The smallest absolute Gasteiger partial charge is 0.416 e. The first-order chi connectivity index (χ1) is 13.3. The number of benzene rings is 1. The van der Waals surface area contributed by atoms with Gasteiger partial charge in [0.1, 0.15) is 5.84 Å². The van der Waals surface area contributed by atoms with Gasteiger partial charge in [0.25, 0.3) is 0 Å². The molecule has 1 aromatic rings. The number of nitrogens with zero attached hydrogens (tertiary/aromatic N) is 3. The number of hydrogen-bond donors (Lipinski definition) is 1. The van der Waals surface area contributed by atoms with E-state index in [2.05, 4.69) is 22.0 Å². The Kier molecular flexibility index (Phi) is 4.44. The highest BCUT2D eigenvalue weighted by Crippen LogP contribution is 2.32. The van der Waals surface area contributed by atoms with Crippen molar-refractivity contribution in [3.63, 3.8) is 0 Å². The predicted molar refractivity (Wildman–Crippen MR) is 94.6 cm³/mol. The van der Waals surface area contributed by atoms with Crippen LogP contribution in [-0.2, 0) is 17.3 Å². The third-order valence-corrected chi connectivity index (χ3v) is 4.74. The summed E-state index contributed by atoms with van der Waals surface area (Å²) < 4.78 is 46.8. The third-order valence-electron chi connectivity index (χ3n) is 4.74. The minimum absolute atomic E-state index is 0.0299. The lowest BCUT2D eigenvalue weighted by Gasteiger charge is -2.22. The first kappa shape index (κ1) is 18.3. The molecule has 0 radical (unpaired) electrons. The molecule has 9 heteroatoms. The molecule has 3 heterocycles. The van der Waals surface area contributed by atoms with Crippen molar-refractivity contribution in [3.05, 3.63) is 59.5 Å². The molecule has 0 saturated carbocycles. The van der Waals surface area contributed by atoms with Crippen molar-refractivity contribution in [1.29, 1.82) is 0 Å². The van der Waals surface area contributed by atoms with Crippen LogP contribution in [0.15, 0.2) is 58.4 Å². The molecular weight excluding hydrogens is 373 g/mol. The Bertz CT molecular complexity index is 960. The molecule has 3 aliphatic rings. The van der Waals surface area contributed by atoms with E-state index in [-0.39, 0.29) is 17.8 Å². The zero-order valence-corrected chi connectivity index (χ0v) is 14.8. The van der Waals surface area contributed by atoms with Crippen molar-refractivity contribution in [2.45, 2.75) is 31.6 Å². The second-order valence-electron chi connectivity index (χ2n) is 6.65. The van der Waals surface area contributed by atoms with Gasteiger partial charge in [-0.05, 0) is 11.6 Å². The highest BCUT2D eigenvalue weighted by atomic mass is 19.4. The molecule has 0 aromatic heterocycles. The fourth-order valence-corrected chi connectivity index (χ4v) is 3.43. The molecule has 4 rings (SSSR count). The van der Waals surface area contributed by atoms with Crippen LogP contribution in [0.5, 0.6) is 0 Å². The summed E-state index contributed by atoms with van der Waals surface area (Å²) in [6.45, 7) is 4.29. The van der Waals surface area contributed by atoms with E-state index in [1.807, 2.05) is 0 Å². The summed E-state index contributed by atoms with van der Waals surface area (Å²) >= 11 is 0. The maximum Gasteiger partial charge on any atom is 0.416 e. The van der Waals surface area contributed by atoms with Crippen LogP contribution in [0.25, 0.3) is 0 Å². The van der Waals surface area contributed by atoms with Crippen LogP contribution in [-0.4, -0.2) is 34.9 Å². The Morgan fingerprint density at radius 3 is 2.86 bits per heavy atom. The fraction of sp³-hybridized carbons (Fsp3) is 0.316. The normalized spacial score (nSPS) is 24.6. The number of alkyl halides is 3. The number of amidine groups is 1. The molecule has 0 amide bonds. The fourth-order valence-electron chi connectivity index (χ4n) is 3.43. The lowest BCUT2D eigenvalue weighted by molar-refractivity contribution is -0.594. The Hall–Kier alpha value is -3.10. The van der Waals surface area contributed by atoms with E-state index in [4.69, 9.17) is 4.74 Å². The summed E-state index contributed by atoms with van der Waals surface area (Å²) in [6, 6.07) is 5.24. The Morgan fingerprint density at radius 2 is 2.11 bits per heavy atom. The first-order valence-corrected chi connectivity index (χ1v) is 8.71. The summed E-state index contributed by atoms with van der Waals surface area (Å²) in [4.78, 5) is 8.36. The number of rotatable bonds is 2. The Labute approximate surface area is 159 Å². The molecule has 1 atom stereocenters. The van der Waals surface area contributed by atoms with Gasteiger partial charge in [-0.2, -0.15) is 23.6 Å². The summed E-state index contributed by atoms with van der Waals surface area (Å²) in [7, 11) is 0. The number of hydrazone groups is 1. The van der Waals surface area contributed by atoms with Gasteiger partial charge in [0, 0.05) is 12.3 Å². The van der Waals surface area contributed by atoms with Crippen molar-refractivity contribution in [2.24, 2.45) is 9.98 Å². The van der Waals surface area contributed by atoms with Gasteiger partial charge >= 0.3 is 12.3 Å². The largest absolute Gasteiger partial charge is 0.858 e. The Balaban J connectivity index is 1.67. The molecule has 1 N–H and O–H groups in total. The van der Waals surface area contributed by atoms with Crippen LogP contribution in [0.4, 0.5) is 13.2 Å². The standard InChI is InChI=1S/C19H17F3N4O2/c1-11-8-13(6-7-28-11)26-17-14(10-23-26)18(27)25-16(24-17)9-12-4-2-3-5-15(12)19(20,21)22/h2-5,10,17H,1,6-9H2,(H-,23,24,25,27)/b26-13-. The van der Waals surface area contributed by atoms with E-state index in [0.717, 1.165) is 11.8 Å². The Morgan fingerprint density at radius 1 is 1.32 bits per heavy atom. The SMILES string of the molecule is C=C1C/C(=[N+]2\NC=C3C([O-])=NC(Cc4ccccc4C(F)(F)F)=NC32)CCO1. The molecule has 1 aromatic carbocycles. The van der Waals surface area contributed by atoms with Gasteiger partial charge in [0.2, 0.25) is 0 Å². The van der Waals surface area contributed by atoms with Crippen LogP contribution in [0.1, 0.15) is 24.0 Å². The van der Waals surface area contributed by atoms with E-state index in [0.29, 0.717) is 30.8 Å². The van der Waals surface area contributed by atoms with Crippen molar-refractivity contribution < 1.29 is 27.7 Å². The maximum absolute atomic E-state index is 13.2. The van der Waals surface area contributed by atoms with Crippen LogP contribution in [0.2, 0.25) is 0 Å². The molecule has 28 heavy (non-hydrogen) atoms. The molecule has 1 unspecified atom stereocenters. The molecule has 0 aliphatic carbocycles. The molecule has 6 nitrogen and oxygen atoms in total. The summed E-state index contributed by atoms with van der Waals surface area (Å²) in [6.07, 6.45) is -2.65. The second kappa shape index (κ2) is 6.81. The average Bonchev–Trinajstić information content (AvgIpc) is 3.06. The third kappa shape index (κ3) is 3.39. The van der Waals surface area contributed by atoms with Gasteiger partial charge in [-0.15, -0.1) is 0 Å². The number of ether oxygens (including phenoxy) is 1. The van der Waals surface area contributed by atoms with E-state index >= 15 is 0 Å². The monoisotopic (exact) mass is 390 g/mol. The van der Waals surface area contributed by atoms with Crippen molar-refractivity contribution >= 4 is 17.4 Å². The zero-order valence-electron chi connectivity index (χ0n) is 14.8. The zero-order chi connectivity index (χ0) is 19.9. The summed E-state index contributed by atoms with van der Waals surface area (Å²) in [5.74, 6) is 0.191. The topological polar surface area (TPSA) is 72.0 Å². The van der Waals surface area contributed by atoms with Crippen molar-refractivity contribution in [1.82, 2.24) is 5.43 Å². The van der Waals surface area contributed by atoms with E-state index in [1.165, 1.54) is 24.4 Å². The lowest BCUT2D eigenvalue weighted by Crippen LogP contribution is -2.40. The molecule has 1 saturated heterocycles. The van der Waals surface area contributed by atoms with E-state index in [1.54, 1.807) is 4.68 Å². The molecule has 1 fully saturated rings. The number of allylic oxidation sites excluding steroid dienone is 1. The number of nitrogens with one attached hydrogen (secondary N) is 1. The van der Waals surface area contributed by atoms with Crippen molar-refractivity contribution in [2.75, 3.05) is 6.61 Å². The van der Waals surface area contributed by atoms with Crippen LogP contribution >= 0.6 is 0 Å². The average molecular weight is 390 g/mol. The molecule has 146 valence electrons. The lowest BCUT2D eigenvalue weighted by atomic mass is 10.0. The van der Waals surface area contributed by atoms with Crippen LogP contribution in [0, 0.1) is 0 Å². The van der Waals surface area contributed by atoms with Gasteiger partial charge in [-0.1, -0.05) is 29.5 Å². The first-order valence-electron chi connectivity index (χ1n) is 8.71.